The Labute approximate surface area is 144 Å². The van der Waals surface area contributed by atoms with Gasteiger partial charge in [0.2, 0.25) is 0 Å². The highest BCUT2D eigenvalue weighted by Gasteiger charge is 2.29. The fourth-order valence-corrected chi connectivity index (χ4v) is 3.44. The van der Waals surface area contributed by atoms with Gasteiger partial charge in [0.15, 0.2) is 0 Å². The summed E-state index contributed by atoms with van der Waals surface area (Å²) in [6.45, 7) is 5.68. The van der Waals surface area contributed by atoms with Gasteiger partial charge in [0, 0.05) is 6.54 Å². The summed E-state index contributed by atoms with van der Waals surface area (Å²) in [5.41, 5.74) is 2.48. The Kier molecular flexibility index (Phi) is 6.63. The van der Waals surface area contributed by atoms with E-state index >= 15 is 0 Å². The third-order valence-corrected chi connectivity index (χ3v) is 4.86. The molecule has 0 saturated heterocycles. The number of aliphatic hydroxyl groups is 2. The third-order valence-electron chi connectivity index (χ3n) is 4.86. The molecule has 4 atom stereocenters. The number of fused-ring (bicyclic) bond motifs is 1. The lowest BCUT2D eigenvalue weighted by molar-refractivity contribution is 0.0912. The van der Waals surface area contributed by atoms with Crippen LogP contribution in [-0.2, 0) is 6.42 Å². The average molecular weight is 334 g/mol. The molecule has 5 heteroatoms. The van der Waals surface area contributed by atoms with Crippen LogP contribution in [0.25, 0.3) is 0 Å². The molecule has 0 radical (unpaired) electrons. The van der Waals surface area contributed by atoms with Crippen LogP contribution in [0.2, 0.25) is 0 Å². The van der Waals surface area contributed by atoms with E-state index in [0.29, 0.717) is 5.92 Å². The van der Waals surface area contributed by atoms with Crippen LogP contribution in [0, 0.1) is 5.92 Å². The maximum Gasteiger partial charge on any atom is 0.318 e. The molecule has 0 unspecified atom stereocenters. The minimum absolute atomic E-state index is 0.0430. The molecule has 0 saturated carbocycles. The van der Waals surface area contributed by atoms with Crippen LogP contribution in [0.3, 0.4) is 0 Å². The van der Waals surface area contributed by atoms with Crippen LogP contribution in [0.5, 0.6) is 0 Å². The molecule has 0 fully saturated rings. The third kappa shape index (κ3) is 4.48. The molecule has 2 amide bonds. The number of nitrogens with one attached hydrogen (secondary N) is 1. The Hall–Kier alpha value is -1.59. The topological polar surface area (TPSA) is 72.8 Å². The van der Waals surface area contributed by atoms with Crippen molar-refractivity contribution in [3.05, 3.63) is 35.4 Å². The first-order valence-corrected chi connectivity index (χ1v) is 8.87. The fourth-order valence-electron chi connectivity index (χ4n) is 3.44. The smallest absolute Gasteiger partial charge is 0.318 e. The molecule has 24 heavy (non-hydrogen) atoms. The zero-order chi connectivity index (χ0) is 17.7. The minimum Gasteiger partial charge on any atom is -0.394 e. The van der Waals surface area contributed by atoms with Gasteiger partial charge < -0.3 is 20.4 Å². The zero-order valence-corrected chi connectivity index (χ0v) is 14.9. The van der Waals surface area contributed by atoms with Gasteiger partial charge in [0.05, 0.1) is 24.8 Å². The van der Waals surface area contributed by atoms with E-state index in [4.69, 9.17) is 0 Å². The number of rotatable bonds is 5. The van der Waals surface area contributed by atoms with Crippen molar-refractivity contribution in [1.29, 1.82) is 0 Å². The second kappa shape index (κ2) is 8.49. The Bertz CT molecular complexity index is 547. The molecule has 1 aliphatic carbocycles. The van der Waals surface area contributed by atoms with E-state index in [0.717, 1.165) is 19.3 Å². The van der Waals surface area contributed by atoms with Gasteiger partial charge in [-0.05, 0) is 50.2 Å². The standard InChI is InChI=1S/C19H30N2O3/c1-13-7-6-9-16-8-4-5-10-17(16)18(13)20-19(24)21(11-15(3)23)14(2)12-22/h4-5,8,10,13-15,18,22-23H,6-7,9,11-12H2,1-3H3,(H,20,24)/t13-,14-,15+,18+/m1/s1. The molecule has 5 nitrogen and oxygen atoms in total. The van der Waals surface area contributed by atoms with E-state index in [1.165, 1.54) is 16.0 Å². The highest BCUT2D eigenvalue weighted by Crippen LogP contribution is 2.33. The SMILES string of the molecule is C[C@H](O)CN(C(=O)N[C@@H]1c2ccccc2CCC[C@H]1C)[C@H](C)CO. The first-order valence-electron chi connectivity index (χ1n) is 8.87. The molecular formula is C19H30N2O3. The van der Waals surface area contributed by atoms with E-state index < -0.39 is 6.10 Å². The lowest BCUT2D eigenvalue weighted by Gasteiger charge is -2.33. The zero-order valence-electron chi connectivity index (χ0n) is 14.9. The molecule has 134 valence electrons. The highest BCUT2D eigenvalue weighted by molar-refractivity contribution is 5.75. The molecule has 0 spiro atoms. The second-order valence-corrected chi connectivity index (χ2v) is 7.03. The van der Waals surface area contributed by atoms with Crippen LogP contribution in [0.1, 0.15) is 50.8 Å². The maximum atomic E-state index is 12.8. The normalized spacial score (nSPS) is 22.9. The summed E-state index contributed by atoms with van der Waals surface area (Å²) in [6.07, 6.45) is 2.58. The first-order chi connectivity index (χ1) is 11.4. The Balaban J connectivity index is 2.21. The second-order valence-electron chi connectivity index (χ2n) is 7.03. The molecule has 0 aliphatic heterocycles. The van der Waals surface area contributed by atoms with Crippen molar-refractivity contribution < 1.29 is 15.0 Å². The van der Waals surface area contributed by atoms with E-state index in [-0.39, 0.29) is 31.3 Å². The van der Waals surface area contributed by atoms with Crippen molar-refractivity contribution in [2.75, 3.05) is 13.2 Å². The van der Waals surface area contributed by atoms with Crippen molar-refractivity contribution in [3.8, 4) is 0 Å². The van der Waals surface area contributed by atoms with Crippen LogP contribution < -0.4 is 5.32 Å². The van der Waals surface area contributed by atoms with Crippen molar-refractivity contribution in [1.82, 2.24) is 10.2 Å². The number of aliphatic hydroxyl groups excluding tert-OH is 2. The number of hydrogen-bond acceptors (Lipinski definition) is 3. The van der Waals surface area contributed by atoms with Crippen LogP contribution in [-0.4, -0.2) is 46.4 Å². The molecule has 1 aromatic carbocycles. The molecule has 1 aromatic rings. The van der Waals surface area contributed by atoms with E-state index in [9.17, 15) is 15.0 Å². The van der Waals surface area contributed by atoms with Crippen LogP contribution in [0.15, 0.2) is 24.3 Å². The predicted molar refractivity (Wildman–Crippen MR) is 94.8 cm³/mol. The molecule has 0 aromatic heterocycles. The number of benzene rings is 1. The summed E-state index contributed by atoms with van der Waals surface area (Å²) in [4.78, 5) is 14.3. The number of hydrogen-bond donors (Lipinski definition) is 3. The first kappa shape index (κ1) is 18.7. The number of urea groups is 1. The lowest BCUT2D eigenvalue weighted by Crippen LogP contribution is -2.50. The van der Waals surface area contributed by atoms with E-state index in [1.54, 1.807) is 13.8 Å². The van der Waals surface area contributed by atoms with Gasteiger partial charge in [-0.25, -0.2) is 4.79 Å². The molecule has 1 aliphatic rings. The van der Waals surface area contributed by atoms with Crippen molar-refractivity contribution in [2.45, 2.75) is 58.2 Å². The minimum atomic E-state index is -0.636. The summed E-state index contributed by atoms with van der Waals surface area (Å²) < 4.78 is 0. The van der Waals surface area contributed by atoms with E-state index in [1.807, 2.05) is 12.1 Å². The maximum absolute atomic E-state index is 12.8. The van der Waals surface area contributed by atoms with Gasteiger partial charge in [-0.1, -0.05) is 31.2 Å². The monoisotopic (exact) mass is 334 g/mol. The van der Waals surface area contributed by atoms with Crippen molar-refractivity contribution in [3.63, 3.8) is 0 Å². The Morgan fingerprint density at radius 1 is 1.38 bits per heavy atom. The Morgan fingerprint density at radius 2 is 2.08 bits per heavy atom. The predicted octanol–water partition coefficient (Wildman–Crippen LogP) is 2.47. The summed E-state index contributed by atoms with van der Waals surface area (Å²) >= 11 is 0. The summed E-state index contributed by atoms with van der Waals surface area (Å²) in [5.74, 6) is 0.343. The quantitative estimate of drug-likeness (QED) is 0.724. The van der Waals surface area contributed by atoms with Gasteiger partial charge in [-0.3, -0.25) is 0 Å². The lowest BCUT2D eigenvalue weighted by atomic mass is 9.92. The average Bonchev–Trinajstić information content (AvgIpc) is 2.71. The van der Waals surface area contributed by atoms with Gasteiger partial charge in [-0.15, -0.1) is 0 Å². The number of carbonyl (C=O) groups is 1. The molecule has 3 N–H and O–H groups in total. The van der Waals surface area contributed by atoms with Crippen LogP contribution >= 0.6 is 0 Å². The summed E-state index contributed by atoms with van der Waals surface area (Å²) in [7, 11) is 0. The number of amides is 2. The Morgan fingerprint density at radius 3 is 2.75 bits per heavy atom. The molecule has 0 heterocycles. The van der Waals surface area contributed by atoms with Crippen molar-refractivity contribution >= 4 is 6.03 Å². The molecule has 2 rings (SSSR count). The van der Waals surface area contributed by atoms with Gasteiger partial charge in [0.25, 0.3) is 0 Å². The summed E-state index contributed by atoms with van der Waals surface area (Å²) in [5, 5.41) is 22.2. The summed E-state index contributed by atoms with van der Waals surface area (Å²) in [6, 6.07) is 7.68. The molecule has 0 bridgehead atoms. The number of aryl methyl sites for hydroxylation is 1. The molecular weight excluding hydrogens is 304 g/mol. The number of nitrogens with zero attached hydrogens (tertiary/aromatic N) is 1. The van der Waals surface area contributed by atoms with Gasteiger partial charge in [-0.2, -0.15) is 0 Å². The largest absolute Gasteiger partial charge is 0.394 e. The van der Waals surface area contributed by atoms with Crippen molar-refractivity contribution in [2.24, 2.45) is 5.92 Å². The number of carbonyl (C=O) groups excluding carboxylic acids is 1. The van der Waals surface area contributed by atoms with E-state index in [2.05, 4.69) is 24.4 Å². The van der Waals surface area contributed by atoms with Gasteiger partial charge in [0.1, 0.15) is 0 Å². The van der Waals surface area contributed by atoms with Gasteiger partial charge >= 0.3 is 6.03 Å². The fraction of sp³-hybridized carbons (Fsp3) is 0.632. The van der Waals surface area contributed by atoms with Crippen LogP contribution in [0.4, 0.5) is 4.79 Å². The highest BCUT2D eigenvalue weighted by atomic mass is 16.3.